The minimum atomic E-state index is -0.346. The van der Waals surface area contributed by atoms with E-state index in [-0.39, 0.29) is 22.9 Å². The number of halogens is 1. The Hall–Kier alpha value is -3.72. The molecule has 1 fully saturated rings. The van der Waals surface area contributed by atoms with Crippen LogP contribution < -0.4 is 10.3 Å². The molecule has 0 saturated carbocycles. The predicted molar refractivity (Wildman–Crippen MR) is 127 cm³/mol. The van der Waals surface area contributed by atoms with Gasteiger partial charge >= 0.3 is 0 Å². The molecule has 1 amide bonds. The topological polar surface area (TPSA) is 106 Å². The number of amides is 1. The molecule has 1 aliphatic heterocycles. The Bertz CT molecular complexity index is 1420. The van der Waals surface area contributed by atoms with Crippen LogP contribution >= 0.6 is 11.6 Å². The van der Waals surface area contributed by atoms with Crippen LogP contribution in [0.5, 0.6) is 5.75 Å². The van der Waals surface area contributed by atoms with Crippen LogP contribution in [0.3, 0.4) is 0 Å². The van der Waals surface area contributed by atoms with Gasteiger partial charge in [-0.3, -0.25) is 9.59 Å². The molecule has 9 nitrogen and oxygen atoms in total. The van der Waals surface area contributed by atoms with Gasteiger partial charge in [0.2, 0.25) is 0 Å². The third kappa shape index (κ3) is 4.26. The van der Waals surface area contributed by atoms with Crippen LogP contribution in [0.2, 0.25) is 5.02 Å². The summed E-state index contributed by atoms with van der Waals surface area (Å²) in [5, 5.41) is 8.75. The van der Waals surface area contributed by atoms with Gasteiger partial charge < -0.3 is 14.6 Å². The number of aromatic nitrogens is 5. The van der Waals surface area contributed by atoms with E-state index in [9.17, 15) is 9.59 Å². The zero-order valence-electron chi connectivity index (χ0n) is 18.6. The van der Waals surface area contributed by atoms with Gasteiger partial charge in [0.1, 0.15) is 11.6 Å². The van der Waals surface area contributed by atoms with Crippen molar-refractivity contribution in [3.05, 3.63) is 80.9 Å². The lowest BCUT2D eigenvalue weighted by atomic mass is 9.96. The molecule has 0 radical (unpaired) electrons. The number of carbonyl (C=O) groups excluding carboxylic acids is 1. The van der Waals surface area contributed by atoms with Gasteiger partial charge in [0, 0.05) is 29.6 Å². The van der Waals surface area contributed by atoms with E-state index in [1.54, 1.807) is 47.0 Å². The first-order valence-electron chi connectivity index (χ1n) is 11.0. The van der Waals surface area contributed by atoms with Crippen LogP contribution in [-0.2, 0) is 6.54 Å². The number of ether oxygens (including phenoxy) is 1. The van der Waals surface area contributed by atoms with Gasteiger partial charge in [-0.25, -0.2) is 9.67 Å². The number of hydrogen-bond acceptors (Lipinski definition) is 6. The monoisotopic (exact) mass is 478 g/mol. The highest BCUT2D eigenvalue weighted by Gasteiger charge is 2.28. The first-order valence-corrected chi connectivity index (χ1v) is 11.4. The Morgan fingerprint density at radius 2 is 2.09 bits per heavy atom. The number of fused-ring (bicyclic) bond motifs is 1. The minimum Gasteiger partial charge on any atom is -0.497 e. The summed E-state index contributed by atoms with van der Waals surface area (Å²) in [7, 11) is 1.57. The highest BCUT2D eigenvalue weighted by molar-refractivity contribution is 6.31. The molecule has 0 aliphatic carbocycles. The third-order valence-electron chi connectivity index (χ3n) is 6.08. The second-order valence-electron chi connectivity index (χ2n) is 8.28. The van der Waals surface area contributed by atoms with Crippen molar-refractivity contribution >= 4 is 28.7 Å². The lowest BCUT2D eigenvalue weighted by Gasteiger charge is -2.32. The highest BCUT2D eigenvalue weighted by atomic mass is 35.5. The number of piperidine rings is 1. The van der Waals surface area contributed by atoms with Crippen LogP contribution in [-0.4, -0.2) is 56.0 Å². The molecule has 1 atom stereocenters. The van der Waals surface area contributed by atoms with E-state index in [0.717, 1.165) is 18.4 Å². The van der Waals surface area contributed by atoms with Crippen molar-refractivity contribution in [1.29, 1.82) is 0 Å². The summed E-state index contributed by atoms with van der Waals surface area (Å²) in [6.07, 6.45) is 1.61. The predicted octanol–water partition coefficient (Wildman–Crippen LogP) is 3.24. The molecule has 10 heteroatoms. The first-order chi connectivity index (χ1) is 16.5. The number of hydrogen-bond donors (Lipinski definition) is 1. The number of likely N-dealkylation sites (tertiary alicyclic amines) is 1. The molecular weight excluding hydrogens is 456 g/mol. The Labute approximate surface area is 200 Å². The zero-order valence-corrected chi connectivity index (χ0v) is 19.3. The van der Waals surface area contributed by atoms with E-state index in [1.165, 1.54) is 0 Å². The number of H-pyrrole nitrogens is 1. The fraction of sp³-hybridized carbons (Fsp3) is 0.292. The molecule has 1 unspecified atom stereocenters. The molecule has 2 aromatic carbocycles. The molecule has 2 aromatic heterocycles. The average molecular weight is 479 g/mol. The van der Waals surface area contributed by atoms with Gasteiger partial charge in [0.25, 0.3) is 11.5 Å². The summed E-state index contributed by atoms with van der Waals surface area (Å²) in [6, 6.07) is 14.6. The van der Waals surface area contributed by atoms with Gasteiger partial charge in [-0.05, 0) is 42.7 Å². The Kier molecular flexibility index (Phi) is 6.02. The Morgan fingerprint density at radius 3 is 2.91 bits per heavy atom. The molecule has 1 aliphatic rings. The second-order valence-corrected chi connectivity index (χ2v) is 8.69. The lowest BCUT2D eigenvalue weighted by molar-refractivity contribution is 0.0704. The molecule has 4 aromatic rings. The maximum Gasteiger partial charge on any atom is 0.281 e. The number of nitrogens with zero attached hydrogens (tertiary/aromatic N) is 5. The fourth-order valence-corrected chi connectivity index (χ4v) is 4.49. The fourth-order valence-electron chi connectivity index (χ4n) is 4.29. The molecule has 0 spiro atoms. The normalized spacial score (nSPS) is 16.1. The van der Waals surface area contributed by atoms with Crippen molar-refractivity contribution in [3.8, 4) is 5.75 Å². The first kappa shape index (κ1) is 22.1. The van der Waals surface area contributed by atoms with Gasteiger partial charge in [-0.1, -0.05) is 41.1 Å². The van der Waals surface area contributed by atoms with Crippen molar-refractivity contribution in [2.24, 2.45) is 0 Å². The van der Waals surface area contributed by atoms with Gasteiger partial charge in [0.05, 0.1) is 13.7 Å². The number of rotatable bonds is 5. The summed E-state index contributed by atoms with van der Waals surface area (Å²) in [5.74, 6) is 0.986. The summed E-state index contributed by atoms with van der Waals surface area (Å²) >= 11 is 6.30. The smallest absolute Gasteiger partial charge is 0.281 e. The van der Waals surface area contributed by atoms with E-state index in [2.05, 4.69) is 15.3 Å². The lowest BCUT2D eigenvalue weighted by Crippen LogP contribution is -2.40. The van der Waals surface area contributed by atoms with Gasteiger partial charge in [-0.15, -0.1) is 5.10 Å². The van der Waals surface area contributed by atoms with Crippen molar-refractivity contribution in [1.82, 2.24) is 29.9 Å². The quantitative estimate of drug-likeness (QED) is 0.472. The number of benzene rings is 2. The molecular formula is C24H23ClN6O3. The number of nitrogens with one attached hydrogen (secondary N) is 1. The SMILES string of the molecule is COc1cccc(C(=O)N2CCCC(c3nc4c(nnn4Cc4ccccc4Cl)c(=O)[nH]3)C2)c1. The molecule has 1 N–H and O–H groups in total. The van der Waals surface area contributed by atoms with Gasteiger partial charge in [0.15, 0.2) is 11.2 Å². The molecule has 0 bridgehead atoms. The zero-order chi connectivity index (χ0) is 23.7. The maximum absolute atomic E-state index is 13.1. The largest absolute Gasteiger partial charge is 0.497 e. The Morgan fingerprint density at radius 1 is 1.24 bits per heavy atom. The molecule has 34 heavy (non-hydrogen) atoms. The highest BCUT2D eigenvalue weighted by Crippen LogP contribution is 2.26. The third-order valence-corrected chi connectivity index (χ3v) is 6.45. The molecule has 174 valence electrons. The van der Waals surface area contributed by atoms with Gasteiger partial charge in [-0.2, -0.15) is 0 Å². The van der Waals surface area contributed by atoms with Crippen molar-refractivity contribution in [3.63, 3.8) is 0 Å². The van der Waals surface area contributed by atoms with Crippen LogP contribution in [0.4, 0.5) is 0 Å². The summed E-state index contributed by atoms with van der Waals surface area (Å²) in [6.45, 7) is 1.44. The van der Waals surface area contributed by atoms with Crippen LogP contribution in [0.25, 0.3) is 11.2 Å². The summed E-state index contributed by atoms with van der Waals surface area (Å²) in [5.41, 5.74) is 1.65. The summed E-state index contributed by atoms with van der Waals surface area (Å²) < 4.78 is 6.83. The van der Waals surface area contributed by atoms with E-state index < -0.39 is 0 Å². The van der Waals surface area contributed by atoms with E-state index in [4.69, 9.17) is 21.3 Å². The average Bonchev–Trinajstić information content (AvgIpc) is 3.28. The summed E-state index contributed by atoms with van der Waals surface area (Å²) in [4.78, 5) is 35.2. The molecule has 3 heterocycles. The molecule has 1 saturated heterocycles. The minimum absolute atomic E-state index is 0.0718. The van der Waals surface area contributed by atoms with Crippen molar-refractivity contribution in [2.45, 2.75) is 25.3 Å². The van der Waals surface area contributed by atoms with E-state index in [0.29, 0.717) is 47.4 Å². The number of aromatic amines is 1. The van der Waals surface area contributed by atoms with Crippen LogP contribution in [0.1, 0.15) is 40.5 Å². The van der Waals surface area contributed by atoms with Crippen molar-refractivity contribution in [2.75, 3.05) is 20.2 Å². The Balaban J connectivity index is 1.42. The van der Waals surface area contributed by atoms with Crippen LogP contribution in [0.15, 0.2) is 53.3 Å². The number of methoxy groups -OCH3 is 1. The standard InChI is InChI=1S/C24H23ClN6O3/c1-34-18-9-4-7-15(12-18)24(33)30-11-5-8-17(13-30)21-26-22-20(23(32)27-21)28-29-31(22)14-16-6-2-3-10-19(16)25/h2-4,6-7,9-10,12,17H,5,8,11,13-14H2,1H3,(H,26,27,32). The number of carbonyl (C=O) groups is 1. The second kappa shape index (κ2) is 9.26. The van der Waals surface area contributed by atoms with Crippen molar-refractivity contribution < 1.29 is 9.53 Å². The molecule has 5 rings (SSSR count). The maximum atomic E-state index is 13.1. The van der Waals surface area contributed by atoms with E-state index >= 15 is 0 Å². The van der Waals surface area contributed by atoms with Crippen LogP contribution in [0, 0.1) is 0 Å². The van der Waals surface area contributed by atoms with E-state index in [1.807, 2.05) is 18.2 Å².